The second kappa shape index (κ2) is 7.95. The molecule has 0 unspecified atom stereocenters. The quantitative estimate of drug-likeness (QED) is 0.475. The SMILES string of the molecule is CC(C)CCn1c(Cn2c(NCC(=O)O)nc3ccccc32)nc2ccccc21. The van der Waals surface area contributed by atoms with Crippen LogP contribution in [0.25, 0.3) is 22.1 Å². The number of hydrogen-bond acceptors (Lipinski definition) is 4. The molecule has 0 spiro atoms. The second-order valence-electron chi connectivity index (χ2n) is 7.61. The van der Waals surface area contributed by atoms with E-state index in [1.54, 1.807) is 0 Å². The number of nitrogens with one attached hydrogen (secondary N) is 1. The van der Waals surface area contributed by atoms with Crippen LogP contribution in [0.1, 0.15) is 26.1 Å². The molecule has 29 heavy (non-hydrogen) atoms. The number of aryl methyl sites for hydroxylation is 1. The molecule has 0 bridgehead atoms. The van der Waals surface area contributed by atoms with Gasteiger partial charge in [0.2, 0.25) is 5.95 Å². The summed E-state index contributed by atoms with van der Waals surface area (Å²) in [5.74, 6) is 1.14. The van der Waals surface area contributed by atoms with Crippen molar-refractivity contribution in [1.29, 1.82) is 0 Å². The van der Waals surface area contributed by atoms with Gasteiger partial charge in [0.1, 0.15) is 12.4 Å². The van der Waals surface area contributed by atoms with Crippen LogP contribution in [0, 0.1) is 5.92 Å². The number of aromatic nitrogens is 4. The van der Waals surface area contributed by atoms with Crippen LogP contribution in [0.4, 0.5) is 5.95 Å². The maximum Gasteiger partial charge on any atom is 0.322 e. The first-order valence-corrected chi connectivity index (χ1v) is 9.88. The minimum absolute atomic E-state index is 0.187. The summed E-state index contributed by atoms with van der Waals surface area (Å²) in [6.07, 6.45) is 1.06. The Bertz CT molecular complexity index is 1160. The van der Waals surface area contributed by atoms with Crippen LogP contribution in [0.2, 0.25) is 0 Å². The Balaban J connectivity index is 1.78. The van der Waals surface area contributed by atoms with Crippen molar-refractivity contribution in [2.75, 3.05) is 11.9 Å². The number of benzene rings is 2. The van der Waals surface area contributed by atoms with Crippen LogP contribution in [-0.2, 0) is 17.9 Å². The molecule has 0 atom stereocenters. The van der Waals surface area contributed by atoms with Crippen molar-refractivity contribution in [2.45, 2.75) is 33.4 Å². The predicted octanol–water partition coefficient (Wildman–Crippen LogP) is 3.98. The normalized spacial score (nSPS) is 11.6. The number of imidazole rings is 2. The van der Waals surface area contributed by atoms with Crippen molar-refractivity contribution in [3.05, 3.63) is 54.4 Å². The van der Waals surface area contributed by atoms with Crippen molar-refractivity contribution in [3.63, 3.8) is 0 Å². The number of rotatable bonds is 8. The fourth-order valence-electron chi connectivity index (χ4n) is 3.55. The summed E-state index contributed by atoms with van der Waals surface area (Å²) in [7, 11) is 0. The van der Waals surface area contributed by atoms with Crippen LogP contribution in [-0.4, -0.2) is 36.7 Å². The molecule has 150 valence electrons. The molecule has 0 saturated carbocycles. The third-order valence-electron chi connectivity index (χ3n) is 5.02. The minimum atomic E-state index is -0.923. The maximum atomic E-state index is 11.1. The number of carbonyl (C=O) groups is 1. The highest BCUT2D eigenvalue weighted by atomic mass is 16.4. The lowest BCUT2D eigenvalue weighted by atomic mass is 10.1. The molecule has 2 heterocycles. The summed E-state index contributed by atoms with van der Waals surface area (Å²) in [5, 5.41) is 12.0. The van der Waals surface area contributed by atoms with Crippen LogP contribution in [0.3, 0.4) is 0 Å². The Morgan fingerprint density at radius 2 is 1.62 bits per heavy atom. The fraction of sp³-hybridized carbons (Fsp3) is 0.318. The molecule has 0 saturated heterocycles. The van der Waals surface area contributed by atoms with Gasteiger partial charge in [-0.2, -0.15) is 0 Å². The van der Waals surface area contributed by atoms with Gasteiger partial charge in [0.05, 0.1) is 28.6 Å². The summed E-state index contributed by atoms with van der Waals surface area (Å²) in [6, 6.07) is 16.0. The van der Waals surface area contributed by atoms with E-state index in [0.717, 1.165) is 40.9 Å². The van der Waals surface area contributed by atoms with E-state index < -0.39 is 5.97 Å². The zero-order valence-electron chi connectivity index (χ0n) is 16.7. The minimum Gasteiger partial charge on any atom is -0.480 e. The van der Waals surface area contributed by atoms with Crippen molar-refractivity contribution >= 4 is 34.0 Å². The van der Waals surface area contributed by atoms with Gasteiger partial charge in [0.15, 0.2) is 0 Å². The number of hydrogen-bond donors (Lipinski definition) is 2. The smallest absolute Gasteiger partial charge is 0.322 e. The first-order valence-electron chi connectivity index (χ1n) is 9.88. The summed E-state index contributed by atoms with van der Waals surface area (Å²) in [5.41, 5.74) is 3.86. The number of fused-ring (bicyclic) bond motifs is 2. The van der Waals surface area contributed by atoms with Crippen molar-refractivity contribution in [3.8, 4) is 0 Å². The van der Waals surface area contributed by atoms with Crippen LogP contribution >= 0.6 is 0 Å². The molecule has 2 aromatic heterocycles. The van der Waals surface area contributed by atoms with Crippen molar-refractivity contribution in [1.82, 2.24) is 19.1 Å². The molecule has 0 radical (unpaired) electrons. The second-order valence-corrected chi connectivity index (χ2v) is 7.61. The monoisotopic (exact) mass is 391 g/mol. The Morgan fingerprint density at radius 1 is 1.00 bits per heavy atom. The number of anilines is 1. The van der Waals surface area contributed by atoms with E-state index in [1.165, 1.54) is 0 Å². The predicted molar refractivity (Wildman–Crippen MR) is 114 cm³/mol. The summed E-state index contributed by atoms with van der Waals surface area (Å²) >= 11 is 0. The Labute approximate surface area is 169 Å². The molecule has 0 aliphatic heterocycles. The fourth-order valence-corrected chi connectivity index (χ4v) is 3.55. The third-order valence-corrected chi connectivity index (χ3v) is 5.02. The average Bonchev–Trinajstić information content (AvgIpc) is 3.23. The lowest BCUT2D eigenvalue weighted by Crippen LogP contribution is -2.17. The first kappa shape index (κ1) is 19.0. The molecule has 2 aromatic carbocycles. The topological polar surface area (TPSA) is 85.0 Å². The molecule has 0 amide bonds. The molecule has 0 aliphatic rings. The molecular formula is C22H25N5O2. The van der Waals surface area contributed by atoms with Gasteiger partial charge in [-0.3, -0.25) is 4.79 Å². The molecule has 0 aliphatic carbocycles. The zero-order valence-corrected chi connectivity index (χ0v) is 16.7. The number of carboxylic acid groups (broad SMARTS) is 1. The lowest BCUT2D eigenvalue weighted by Gasteiger charge is -2.13. The summed E-state index contributed by atoms with van der Waals surface area (Å²) < 4.78 is 4.27. The first-order chi connectivity index (χ1) is 14.0. The van der Waals surface area contributed by atoms with E-state index in [-0.39, 0.29) is 6.54 Å². The van der Waals surface area contributed by atoms with Gasteiger partial charge in [0, 0.05) is 6.54 Å². The van der Waals surface area contributed by atoms with E-state index in [1.807, 2.05) is 47.0 Å². The van der Waals surface area contributed by atoms with E-state index >= 15 is 0 Å². The van der Waals surface area contributed by atoms with Crippen LogP contribution in [0.15, 0.2) is 48.5 Å². The van der Waals surface area contributed by atoms with Gasteiger partial charge in [-0.25, -0.2) is 9.97 Å². The largest absolute Gasteiger partial charge is 0.480 e. The van der Waals surface area contributed by atoms with Gasteiger partial charge in [0.25, 0.3) is 0 Å². The molecule has 7 nitrogen and oxygen atoms in total. The molecular weight excluding hydrogens is 366 g/mol. The number of nitrogens with zero attached hydrogens (tertiary/aromatic N) is 4. The molecule has 7 heteroatoms. The van der Waals surface area contributed by atoms with Crippen molar-refractivity contribution < 1.29 is 9.90 Å². The van der Waals surface area contributed by atoms with Gasteiger partial charge >= 0.3 is 5.97 Å². The molecule has 0 fully saturated rings. The Kier molecular flexibility index (Phi) is 5.20. The number of carboxylic acids is 1. The van der Waals surface area contributed by atoms with Gasteiger partial charge in [-0.15, -0.1) is 0 Å². The van der Waals surface area contributed by atoms with Crippen molar-refractivity contribution in [2.24, 2.45) is 5.92 Å². The highest BCUT2D eigenvalue weighted by Crippen LogP contribution is 2.24. The summed E-state index contributed by atoms with van der Waals surface area (Å²) in [4.78, 5) is 20.5. The number of para-hydroxylation sites is 4. The van der Waals surface area contributed by atoms with E-state index in [2.05, 4.69) is 34.8 Å². The van der Waals surface area contributed by atoms with Gasteiger partial charge in [-0.1, -0.05) is 38.1 Å². The Morgan fingerprint density at radius 3 is 2.28 bits per heavy atom. The van der Waals surface area contributed by atoms with E-state index in [4.69, 9.17) is 10.1 Å². The molecule has 2 N–H and O–H groups in total. The maximum absolute atomic E-state index is 11.1. The lowest BCUT2D eigenvalue weighted by molar-refractivity contribution is -0.134. The highest BCUT2D eigenvalue weighted by Gasteiger charge is 2.16. The number of aliphatic carboxylic acids is 1. The average molecular weight is 391 g/mol. The van der Waals surface area contributed by atoms with E-state index in [9.17, 15) is 4.79 Å². The van der Waals surface area contributed by atoms with Crippen LogP contribution < -0.4 is 5.32 Å². The van der Waals surface area contributed by atoms with E-state index in [0.29, 0.717) is 18.4 Å². The standard InChI is InChI=1S/C22H25N5O2/c1-15(2)11-12-26-18-9-5-3-7-16(18)24-20(26)14-27-19-10-6-4-8-17(19)25-22(27)23-13-21(28)29/h3-10,15H,11-14H2,1-2H3,(H,23,25)(H,28,29). The van der Waals surface area contributed by atoms with Gasteiger partial charge in [-0.05, 0) is 36.6 Å². The summed E-state index contributed by atoms with van der Waals surface area (Å²) in [6.45, 7) is 5.65. The highest BCUT2D eigenvalue weighted by molar-refractivity contribution is 5.80. The third kappa shape index (κ3) is 3.94. The molecule has 4 aromatic rings. The Hall–Kier alpha value is -3.35. The van der Waals surface area contributed by atoms with Crippen LogP contribution in [0.5, 0.6) is 0 Å². The van der Waals surface area contributed by atoms with Gasteiger partial charge < -0.3 is 19.6 Å². The zero-order chi connectivity index (χ0) is 20.4. The molecule has 4 rings (SSSR count).